The molecular formula is C11H13N3O3S2. The van der Waals surface area contributed by atoms with Gasteiger partial charge in [-0.1, -0.05) is 11.3 Å². The highest BCUT2D eigenvalue weighted by Crippen LogP contribution is 2.27. The minimum Gasteiger partial charge on any atom is -0.399 e. The van der Waals surface area contributed by atoms with Gasteiger partial charge in [0.05, 0.1) is 10.2 Å². The van der Waals surface area contributed by atoms with E-state index in [1.807, 2.05) is 0 Å². The molecule has 1 amide bonds. The molecule has 1 aromatic heterocycles. The number of carbonyl (C=O) groups is 1. The average molecular weight is 299 g/mol. The van der Waals surface area contributed by atoms with Crippen molar-refractivity contribution in [1.82, 2.24) is 4.98 Å². The maximum atomic E-state index is 11.8. The van der Waals surface area contributed by atoms with Crippen LogP contribution in [-0.2, 0) is 14.6 Å². The number of amides is 1. The molecule has 0 fully saturated rings. The Labute approximate surface area is 114 Å². The van der Waals surface area contributed by atoms with Gasteiger partial charge in [-0.25, -0.2) is 13.4 Å². The Morgan fingerprint density at radius 3 is 2.79 bits per heavy atom. The lowest BCUT2D eigenvalue weighted by Crippen LogP contribution is -2.31. The number of hydrogen-bond acceptors (Lipinski definition) is 6. The molecule has 3 N–H and O–H groups in total. The molecule has 0 bridgehead atoms. The number of benzene rings is 1. The van der Waals surface area contributed by atoms with Crippen LogP contribution in [0, 0.1) is 0 Å². The van der Waals surface area contributed by atoms with E-state index in [2.05, 4.69) is 10.3 Å². The third kappa shape index (κ3) is 3.02. The first-order valence-electron chi connectivity index (χ1n) is 5.43. The van der Waals surface area contributed by atoms with Gasteiger partial charge in [0.2, 0.25) is 5.91 Å². The molecule has 0 saturated carbocycles. The lowest BCUT2D eigenvalue weighted by molar-refractivity contribution is -0.115. The number of fused-ring (bicyclic) bond motifs is 1. The molecule has 2 rings (SSSR count). The van der Waals surface area contributed by atoms with Gasteiger partial charge in [-0.15, -0.1) is 0 Å². The van der Waals surface area contributed by atoms with E-state index in [0.29, 0.717) is 16.3 Å². The second kappa shape index (κ2) is 4.78. The average Bonchev–Trinajstić information content (AvgIpc) is 2.67. The van der Waals surface area contributed by atoms with Crippen molar-refractivity contribution in [1.29, 1.82) is 0 Å². The highest BCUT2D eigenvalue weighted by atomic mass is 32.2. The maximum absolute atomic E-state index is 11.8. The Kier molecular flexibility index (Phi) is 3.46. The predicted molar refractivity (Wildman–Crippen MR) is 77.0 cm³/mol. The summed E-state index contributed by atoms with van der Waals surface area (Å²) in [6.07, 6.45) is 1.02. The largest absolute Gasteiger partial charge is 0.399 e. The number of hydrogen-bond donors (Lipinski definition) is 2. The van der Waals surface area contributed by atoms with Crippen LogP contribution in [0.1, 0.15) is 6.92 Å². The van der Waals surface area contributed by atoms with Gasteiger partial charge in [0.25, 0.3) is 0 Å². The van der Waals surface area contributed by atoms with Crippen LogP contribution in [0.4, 0.5) is 10.8 Å². The van der Waals surface area contributed by atoms with Crippen molar-refractivity contribution in [2.75, 3.05) is 17.3 Å². The number of anilines is 2. The number of nitrogens with zero attached hydrogens (tertiary/aromatic N) is 1. The molecule has 0 radical (unpaired) electrons. The minimum absolute atomic E-state index is 0.362. The zero-order chi connectivity index (χ0) is 14.2. The van der Waals surface area contributed by atoms with Gasteiger partial charge in [0, 0.05) is 11.9 Å². The van der Waals surface area contributed by atoms with Crippen LogP contribution in [0.3, 0.4) is 0 Å². The van der Waals surface area contributed by atoms with Crippen LogP contribution in [0.25, 0.3) is 10.2 Å². The van der Waals surface area contributed by atoms with Gasteiger partial charge in [-0.05, 0) is 25.1 Å². The number of aromatic nitrogens is 1. The van der Waals surface area contributed by atoms with Gasteiger partial charge < -0.3 is 11.1 Å². The highest BCUT2D eigenvalue weighted by molar-refractivity contribution is 7.92. The molecule has 0 aliphatic rings. The molecule has 6 nitrogen and oxygen atoms in total. The summed E-state index contributed by atoms with van der Waals surface area (Å²) in [4.78, 5) is 15.9. The van der Waals surface area contributed by atoms with E-state index >= 15 is 0 Å². The van der Waals surface area contributed by atoms with Gasteiger partial charge >= 0.3 is 0 Å². The molecule has 0 aliphatic carbocycles. The van der Waals surface area contributed by atoms with E-state index < -0.39 is 21.0 Å². The minimum atomic E-state index is -3.41. The Morgan fingerprint density at radius 1 is 1.47 bits per heavy atom. The number of thiazole rings is 1. The lowest BCUT2D eigenvalue weighted by Gasteiger charge is -2.07. The third-order valence-electron chi connectivity index (χ3n) is 2.65. The number of nitrogen functional groups attached to an aromatic ring is 1. The van der Waals surface area contributed by atoms with Crippen LogP contribution in [-0.4, -0.2) is 30.8 Å². The molecule has 8 heteroatoms. The molecule has 1 aromatic carbocycles. The molecule has 0 saturated heterocycles. The predicted octanol–water partition coefficient (Wildman–Crippen LogP) is 1.25. The zero-order valence-electron chi connectivity index (χ0n) is 10.4. The molecule has 2 aromatic rings. The SMILES string of the molecule is CC(C(=O)Nc1nc2ccc(N)cc2s1)S(C)(=O)=O. The van der Waals surface area contributed by atoms with Crippen molar-refractivity contribution < 1.29 is 13.2 Å². The van der Waals surface area contributed by atoms with Crippen molar-refractivity contribution in [3.8, 4) is 0 Å². The molecule has 1 heterocycles. The van der Waals surface area contributed by atoms with E-state index in [-0.39, 0.29) is 0 Å². The van der Waals surface area contributed by atoms with E-state index in [4.69, 9.17) is 5.73 Å². The fourth-order valence-corrected chi connectivity index (χ4v) is 2.76. The molecule has 19 heavy (non-hydrogen) atoms. The summed E-state index contributed by atoms with van der Waals surface area (Å²) >= 11 is 1.25. The monoisotopic (exact) mass is 299 g/mol. The van der Waals surface area contributed by atoms with Crippen LogP contribution < -0.4 is 11.1 Å². The Balaban J connectivity index is 2.24. The Bertz CT molecular complexity index is 737. The normalized spacial score (nSPS) is 13.4. The summed E-state index contributed by atoms with van der Waals surface area (Å²) in [5, 5.41) is 1.76. The van der Waals surface area contributed by atoms with Crippen LogP contribution in [0.15, 0.2) is 18.2 Å². The summed E-state index contributed by atoms with van der Waals surface area (Å²) in [6, 6.07) is 5.21. The van der Waals surface area contributed by atoms with Gasteiger partial charge in [0.15, 0.2) is 15.0 Å². The molecular weight excluding hydrogens is 286 g/mol. The summed E-state index contributed by atoms with van der Waals surface area (Å²) in [6.45, 7) is 1.34. The summed E-state index contributed by atoms with van der Waals surface area (Å²) < 4.78 is 23.4. The second-order valence-corrected chi connectivity index (χ2v) is 7.60. The Morgan fingerprint density at radius 2 is 2.16 bits per heavy atom. The second-order valence-electron chi connectivity index (χ2n) is 4.21. The fraction of sp³-hybridized carbons (Fsp3) is 0.273. The maximum Gasteiger partial charge on any atom is 0.244 e. The van der Waals surface area contributed by atoms with E-state index in [1.165, 1.54) is 18.3 Å². The lowest BCUT2D eigenvalue weighted by atomic mass is 10.3. The van der Waals surface area contributed by atoms with Crippen molar-refractivity contribution in [3.05, 3.63) is 18.2 Å². The van der Waals surface area contributed by atoms with Crippen molar-refractivity contribution >= 4 is 48.1 Å². The van der Waals surface area contributed by atoms with Crippen molar-refractivity contribution in [3.63, 3.8) is 0 Å². The van der Waals surface area contributed by atoms with Gasteiger partial charge in [-0.2, -0.15) is 0 Å². The van der Waals surface area contributed by atoms with Gasteiger partial charge in [-0.3, -0.25) is 4.79 Å². The molecule has 1 atom stereocenters. The topological polar surface area (TPSA) is 102 Å². The van der Waals surface area contributed by atoms with Crippen LogP contribution in [0.5, 0.6) is 0 Å². The number of nitrogens with two attached hydrogens (primary N) is 1. The number of carbonyl (C=O) groups excluding carboxylic acids is 1. The third-order valence-corrected chi connectivity index (χ3v) is 5.09. The first-order valence-corrected chi connectivity index (χ1v) is 8.20. The molecule has 0 aliphatic heterocycles. The summed E-state index contributed by atoms with van der Waals surface area (Å²) in [5.41, 5.74) is 6.97. The summed E-state index contributed by atoms with van der Waals surface area (Å²) in [5.74, 6) is -0.588. The van der Waals surface area contributed by atoms with E-state index in [0.717, 1.165) is 11.0 Å². The van der Waals surface area contributed by atoms with E-state index in [9.17, 15) is 13.2 Å². The van der Waals surface area contributed by atoms with E-state index in [1.54, 1.807) is 18.2 Å². The van der Waals surface area contributed by atoms with Crippen molar-refractivity contribution in [2.45, 2.75) is 12.2 Å². The van der Waals surface area contributed by atoms with Crippen LogP contribution in [0.2, 0.25) is 0 Å². The van der Waals surface area contributed by atoms with Gasteiger partial charge in [0.1, 0.15) is 5.25 Å². The zero-order valence-corrected chi connectivity index (χ0v) is 12.0. The molecule has 0 spiro atoms. The number of sulfone groups is 1. The standard InChI is InChI=1S/C11H13N3O3S2/c1-6(19(2,16)17)10(15)14-11-13-8-4-3-7(12)5-9(8)18-11/h3-6H,12H2,1-2H3,(H,13,14,15). The number of rotatable bonds is 3. The number of nitrogens with one attached hydrogen (secondary N) is 1. The first-order chi connectivity index (χ1) is 8.77. The summed E-state index contributed by atoms with van der Waals surface area (Å²) in [7, 11) is -3.41. The van der Waals surface area contributed by atoms with Crippen molar-refractivity contribution in [2.24, 2.45) is 0 Å². The quantitative estimate of drug-likeness (QED) is 0.830. The first kappa shape index (κ1) is 13.8. The smallest absolute Gasteiger partial charge is 0.244 e. The highest BCUT2D eigenvalue weighted by Gasteiger charge is 2.24. The molecule has 1 unspecified atom stereocenters. The van der Waals surface area contributed by atoms with Crippen LogP contribution >= 0.6 is 11.3 Å². The fourth-order valence-electron chi connectivity index (χ4n) is 1.40. The Hall–Kier alpha value is -1.67. The molecule has 102 valence electrons.